The van der Waals surface area contributed by atoms with Crippen molar-refractivity contribution in [3.05, 3.63) is 0 Å². The topological polar surface area (TPSA) is 60.9 Å². The Balaban J connectivity index is 2.82. The molecule has 1 N–H and O–H groups in total. The number of likely N-dealkylation sites (tertiary alicyclic amines) is 1. The number of hydrogen-bond donors (Lipinski definition) is 1. The van der Waals surface area contributed by atoms with Crippen molar-refractivity contribution in [2.45, 2.75) is 44.8 Å². The first-order valence-corrected chi connectivity index (χ1v) is 6.55. The minimum Gasteiger partial charge on any atom is -0.480 e. The molecule has 0 bridgehead atoms. The van der Waals surface area contributed by atoms with Gasteiger partial charge in [-0.3, -0.25) is 4.79 Å². The van der Waals surface area contributed by atoms with E-state index in [2.05, 4.69) is 0 Å². The van der Waals surface area contributed by atoms with E-state index < -0.39 is 31.3 Å². The van der Waals surface area contributed by atoms with Gasteiger partial charge in [0.2, 0.25) is 0 Å². The quantitative estimate of drug-likeness (QED) is 0.869. The van der Waals surface area contributed by atoms with Crippen LogP contribution in [0.2, 0.25) is 0 Å². The second kappa shape index (κ2) is 6.81. The van der Waals surface area contributed by atoms with E-state index in [0.29, 0.717) is 11.4 Å². The molecule has 1 aliphatic rings. The average molecular weight is 296 g/mol. The summed E-state index contributed by atoms with van der Waals surface area (Å²) < 4.78 is 37.4. The number of alkyl halides is 3. The Hall–Kier alpha value is -1.47. The molecule has 0 spiro atoms. The third kappa shape index (κ3) is 5.26. The molecule has 0 radical (unpaired) electrons. The van der Waals surface area contributed by atoms with Crippen molar-refractivity contribution in [3.63, 3.8) is 0 Å². The Kier molecular flexibility index (Phi) is 5.64. The van der Waals surface area contributed by atoms with Crippen LogP contribution < -0.4 is 0 Å². The molecule has 0 aromatic heterocycles. The summed E-state index contributed by atoms with van der Waals surface area (Å²) >= 11 is 0. The van der Waals surface area contributed by atoms with Gasteiger partial charge < -0.3 is 14.9 Å². The summed E-state index contributed by atoms with van der Waals surface area (Å²) in [5, 5.41) is 8.67. The average Bonchev–Trinajstić information content (AvgIpc) is 2.49. The highest BCUT2D eigenvalue weighted by atomic mass is 19.4. The van der Waals surface area contributed by atoms with Crippen LogP contribution >= 0.6 is 0 Å². The van der Waals surface area contributed by atoms with Gasteiger partial charge in [-0.2, -0.15) is 13.2 Å². The first-order chi connectivity index (χ1) is 9.20. The third-order valence-corrected chi connectivity index (χ3v) is 3.27. The molecule has 116 valence electrons. The molecule has 2 amide bonds. The van der Waals surface area contributed by atoms with Crippen molar-refractivity contribution in [1.82, 2.24) is 9.80 Å². The maximum absolute atomic E-state index is 12.5. The summed E-state index contributed by atoms with van der Waals surface area (Å²) in [7, 11) is 0. The summed E-state index contributed by atoms with van der Waals surface area (Å²) in [6.07, 6.45) is -1.32. The molecular formula is C12H19F3N2O3. The number of carboxylic acids is 1. The van der Waals surface area contributed by atoms with Gasteiger partial charge in [-0.1, -0.05) is 12.8 Å². The highest BCUT2D eigenvalue weighted by Crippen LogP contribution is 2.21. The lowest BCUT2D eigenvalue weighted by Crippen LogP contribution is -2.51. The van der Waals surface area contributed by atoms with Gasteiger partial charge in [0.25, 0.3) is 0 Å². The van der Waals surface area contributed by atoms with Crippen LogP contribution in [0.15, 0.2) is 0 Å². The first kappa shape index (κ1) is 16.6. The lowest BCUT2D eigenvalue weighted by atomic mass is 10.1. The molecule has 0 aromatic carbocycles. The number of aliphatic carboxylic acids is 1. The number of rotatable bonds is 3. The van der Waals surface area contributed by atoms with E-state index in [1.165, 1.54) is 4.90 Å². The molecule has 1 heterocycles. The number of urea groups is 1. The highest BCUT2D eigenvalue weighted by molar-refractivity contribution is 5.80. The monoisotopic (exact) mass is 296 g/mol. The van der Waals surface area contributed by atoms with Gasteiger partial charge in [0.05, 0.1) is 0 Å². The zero-order chi connectivity index (χ0) is 15.3. The predicted octanol–water partition coefficient (Wildman–Crippen LogP) is 2.32. The molecule has 20 heavy (non-hydrogen) atoms. The van der Waals surface area contributed by atoms with Crippen LogP contribution in [0.5, 0.6) is 0 Å². The standard InChI is InChI=1S/C12H19F3N2O3/c1-9-5-3-2-4-6-17(9)11(20)16(7-10(18)19)8-12(13,14)15/h9H,2-8H2,1H3,(H,18,19). The number of nitrogens with zero attached hydrogens (tertiary/aromatic N) is 2. The summed E-state index contributed by atoms with van der Waals surface area (Å²) in [6, 6.07) is -1.02. The molecule has 0 saturated carbocycles. The molecule has 1 fully saturated rings. The van der Waals surface area contributed by atoms with Gasteiger partial charge in [-0.15, -0.1) is 0 Å². The van der Waals surface area contributed by atoms with E-state index >= 15 is 0 Å². The molecule has 1 atom stereocenters. The molecule has 8 heteroatoms. The van der Waals surface area contributed by atoms with E-state index in [0.717, 1.165) is 25.7 Å². The minimum atomic E-state index is -4.61. The Bertz CT molecular complexity index is 360. The summed E-state index contributed by atoms with van der Waals surface area (Å²) in [5.41, 5.74) is 0. The Morgan fingerprint density at radius 2 is 1.95 bits per heavy atom. The summed E-state index contributed by atoms with van der Waals surface area (Å²) in [4.78, 5) is 24.5. The SMILES string of the molecule is CC1CCCCCN1C(=O)N(CC(=O)O)CC(F)(F)F. The number of carbonyl (C=O) groups is 2. The predicted molar refractivity (Wildman–Crippen MR) is 65.3 cm³/mol. The molecule has 5 nitrogen and oxygen atoms in total. The zero-order valence-electron chi connectivity index (χ0n) is 11.3. The van der Waals surface area contributed by atoms with Gasteiger partial charge >= 0.3 is 18.2 Å². The van der Waals surface area contributed by atoms with Crippen LogP contribution in [0, 0.1) is 0 Å². The Morgan fingerprint density at radius 1 is 1.30 bits per heavy atom. The number of carbonyl (C=O) groups excluding carboxylic acids is 1. The molecule has 1 rings (SSSR count). The maximum Gasteiger partial charge on any atom is 0.406 e. The number of carboxylic acid groups (broad SMARTS) is 1. The van der Waals surface area contributed by atoms with Crippen molar-refractivity contribution >= 4 is 12.0 Å². The normalized spacial score (nSPS) is 20.4. The second-order valence-electron chi connectivity index (χ2n) is 5.04. The van der Waals surface area contributed by atoms with Crippen molar-refractivity contribution in [2.75, 3.05) is 19.6 Å². The fourth-order valence-electron chi connectivity index (χ4n) is 2.31. The van der Waals surface area contributed by atoms with E-state index in [1.807, 2.05) is 0 Å². The van der Waals surface area contributed by atoms with Crippen LogP contribution in [-0.2, 0) is 4.79 Å². The fourth-order valence-corrected chi connectivity index (χ4v) is 2.31. The Morgan fingerprint density at radius 3 is 2.50 bits per heavy atom. The molecular weight excluding hydrogens is 277 g/mol. The molecule has 1 unspecified atom stereocenters. The van der Waals surface area contributed by atoms with Crippen molar-refractivity contribution in [2.24, 2.45) is 0 Å². The number of hydrogen-bond acceptors (Lipinski definition) is 2. The van der Waals surface area contributed by atoms with Crippen LogP contribution in [0.3, 0.4) is 0 Å². The van der Waals surface area contributed by atoms with Gasteiger partial charge in [-0.05, 0) is 19.8 Å². The first-order valence-electron chi connectivity index (χ1n) is 6.55. The fraction of sp³-hybridized carbons (Fsp3) is 0.833. The lowest BCUT2D eigenvalue weighted by molar-refractivity contribution is -0.150. The van der Waals surface area contributed by atoms with Gasteiger partial charge in [0.1, 0.15) is 13.1 Å². The Labute approximate surface area is 115 Å². The number of amides is 2. The van der Waals surface area contributed by atoms with E-state index in [-0.39, 0.29) is 6.04 Å². The zero-order valence-corrected chi connectivity index (χ0v) is 11.3. The smallest absolute Gasteiger partial charge is 0.406 e. The highest BCUT2D eigenvalue weighted by Gasteiger charge is 2.36. The van der Waals surface area contributed by atoms with E-state index in [9.17, 15) is 22.8 Å². The van der Waals surface area contributed by atoms with Gasteiger partial charge in [0.15, 0.2) is 0 Å². The molecule has 0 aromatic rings. The third-order valence-electron chi connectivity index (χ3n) is 3.27. The van der Waals surface area contributed by atoms with E-state index in [1.54, 1.807) is 6.92 Å². The molecule has 0 aliphatic carbocycles. The van der Waals surface area contributed by atoms with Crippen LogP contribution in [0.1, 0.15) is 32.6 Å². The van der Waals surface area contributed by atoms with Crippen molar-refractivity contribution < 1.29 is 27.9 Å². The number of halogens is 3. The van der Waals surface area contributed by atoms with Crippen LogP contribution in [0.4, 0.5) is 18.0 Å². The molecule has 1 aliphatic heterocycles. The maximum atomic E-state index is 12.5. The largest absolute Gasteiger partial charge is 0.480 e. The van der Waals surface area contributed by atoms with Gasteiger partial charge in [0, 0.05) is 12.6 Å². The molecule has 1 saturated heterocycles. The van der Waals surface area contributed by atoms with Crippen LogP contribution in [0.25, 0.3) is 0 Å². The van der Waals surface area contributed by atoms with Crippen LogP contribution in [-0.4, -0.2) is 58.8 Å². The van der Waals surface area contributed by atoms with Crippen molar-refractivity contribution in [1.29, 1.82) is 0 Å². The lowest BCUT2D eigenvalue weighted by Gasteiger charge is -2.33. The second-order valence-corrected chi connectivity index (χ2v) is 5.04. The summed E-state index contributed by atoms with van der Waals surface area (Å²) in [6.45, 7) is -0.341. The minimum absolute atomic E-state index is 0.172. The summed E-state index contributed by atoms with van der Waals surface area (Å²) in [5.74, 6) is -1.45. The van der Waals surface area contributed by atoms with E-state index in [4.69, 9.17) is 5.11 Å². The van der Waals surface area contributed by atoms with Gasteiger partial charge in [-0.25, -0.2) is 4.79 Å². The van der Waals surface area contributed by atoms with Crippen molar-refractivity contribution in [3.8, 4) is 0 Å².